The van der Waals surface area contributed by atoms with E-state index in [1.165, 1.54) is 6.07 Å². The van der Waals surface area contributed by atoms with Gasteiger partial charge in [0.25, 0.3) is 0 Å². The molecule has 0 amide bonds. The lowest BCUT2D eigenvalue weighted by molar-refractivity contribution is 0.107. The molecule has 4 rings (SSSR count). The van der Waals surface area contributed by atoms with Crippen molar-refractivity contribution in [2.45, 2.75) is 25.4 Å². The van der Waals surface area contributed by atoms with Crippen molar-refractivity contribution in [2.75, 3.05) is 20.3 Å². The van der Waals surface area contributed by atoms with Crippen LogP contribution in [0.4, 0.5) is 10.1 Å². The first-order valence-corrected chi connectivity index (χ1v) is 10.5. The molecule has 4 nitrogen and oxygen atoms in total. The number of nitrogens with zero attached hydrogens (tertiary/aromatic N) is 1. The molecule has 3 aromatic rings. The zero-order valence-electron chi connectivity index (χ0n) is 17.6. The molecular weight excluding hydrogens is 393 g/mol. The Morgan fingerprint density at radius 3 is 2.55 bits per heavy atom. The third-order valence-electron chi connectivity index (χ3n) is 5.34. The number of halogens is 1. The predicted molar refractivity (Wildman–Crippen MR) is 120 cm³/mol. The van der Waals surface area contributed by atoms with Gasteiger partial charge in [-0.2, -0.15) is 0 Å². The molecule has 0 spiro atoms. The number of rotatable bonds is 9. The van der Waals surface area contributed by atoms with Gasteiger partial charge in [0, 0.05) is 24.1 Å². The standard InChI is InChI=1S/C26H26FNO3/c1-29-22-10-8-20(9-11-22)21-16-23-24(27)12-13-25(26(23)28-17-21)31-15-5-14-30-18-19-6-3-2-4-7-19/h2-4,6-13,17,21H,5,14-16,18H2,1H3. The maximum absolute atomic E-state index is 14.5. The number of ether oxygens (including phenoxy) is 3. The second-order valence-electron chi connectivity index (χ2n) is 7.47. The van der Waals surface area contributed by atoms with Crippen LogP contribution in [0.5, 0.6) is 11.5 Å². The Hall–Kier alpha value is -3.18. The van der Waals surface area contributed by atoms with Crippen molar-refractivity contribution in [3.05, 3.63) is 89.2 Å². The zero-order valence-corrected chi connectivity index (χ0v) is 17.6. The molecule has 0 radical (unpaired) electrons. The largest absolute Gasteiger partial charge is 0.497 e. The number of hydrogen-bond donors (Lipinski definition) is 0. The maximum atomic E-state index is 14.5. The topological polar surface area (TPSA) is 40.0 Å². The lowest BCUT2D eigenvalue weighted by Gasteiger charge is -2.21. The Bertz CT molecular complexity index is 1020. The second-order valence-corrected chi connectivity index (χ2v) is 7.47. The molecule has 1 aliphatic heterocycles. The molecule has 0 aliphatic carbocycles. The molecule has 1 heterocycles. The van der Waals surface area contributed by atoms with Crippen LogP contribution in [-0.4, -0.2) is 26.5 Å². The van der Waals surface area contributed by atoms with Gasteiger partial charge in [-0.1, -0.05) is 42.5 Å². The lowest BCUT2D eigenvalue weighted by atomic mass is 9.89. The normalized spacial score (nSPS) is 14.8. The minimum Gasteiger partial charge on any atom is -0.497 e. The van der Waals surface area contributed by atoms with Crippen molar-refractivity contribution in [1.29, 1.82) is 0 Å². The predicted octanol–water partition coefficient (Wildman–Crippen LogP) is 5.86. The number of fused-ring (bicyclic) bond motifs is 1. The van der Waals surface area contributed by atoms with Crippen LogP contribution < -0.4 is 9.47 Å². The average molecular weight is 419 g/mol. The molecular formula is C26H26FNO3. The Balaban J connectivity index is 1.33. The van der Waals surface area contributed by atoms with Crippen molar-refractivity contribution in [1.82, 2.24) is 0 Å². The van der Waals surface area contributed by atoms with Crippen molar-refractivity contribution in [2.24, 2.45) is 4.99 Å². The minimum atomic E-state index is -0.246. The number of methoxy groups -OCH3 is 1. The zero-order chi connectivity index (χ0) is 21.5. The highest BCUT2D eigenvalue weighted by Gasteiger charge is 2.23. The van der Waals surface area contributed by atoms with E-state index in [2.05, 4.69) is 4.99 Å². The summed E-state index contributed by atoms with van der Waals surface area (Å²) in [4.78, 5) is 4.56. The van der Waals surface area contributed by atoms with Crippen molar-refractivity contribution in [3.63, 3.8) is 0 Å². The van der Waals surface area contributed by atoms with Crippen LogP contribution in [0, 0.1) is 5.82 Å². The van der Waals surface area contributed by atoms with Gasteiger partial charge in [0.2, 0.25) is 0 Å². The SMILES string of the molecule is COc1ccc(C2C=Nc3c(OCCCOCc4ccccc4)ccc(F)c3C2)cc1. The molecule has 0 bridgehead atoms. The molecule has 31 heavy (non-hydrogen) atoms. The molecule has 1 atom stereocenters. The second kappa shape index (κ2) is 10.2. The van der Waals surface area contributed by atoms with Gasteiger partial charge < -0.3 is 14.2 Å². The van der Waals surface area contributed by atoms with Gasteiger partial charge >= 0.3 is 0 Å². The van der Waals surface area contributed by atoms with Crippen molar-refractivity contribution in [3.8, 4) is 11.5 Å². The van der Waals surface area contributed by atoms with E-state index in [4.69, 9.17) is 14.2 Å². The van der Waals surface area contributed by atoms with Crippen molar-refractivity contribution >= 4 is 11.9 Å². The fraction of sp³-hybridized carbons (Fsp3) is 0.269. The first kappa shape index (κ1) is 21.1. The van der Waals surface area contributed by atoms with E-state index in [9.17, 15) is 4.39 Å². The smallest absolute Gasteiger partial charge is 0.145 e. The molecule has 0 N–H and O–H groups in total. The molecule has 160 valence electrons. The number of aliphatic imine (C=N–C) groups is 1. The summed E-state index contributed by atoms with van der Waals surface area (Å²) in [5.41, 5.74) is 3.42. The van der Waals surface area contributed by atoms with E-state index in [1.54, 1.807) is 13.2 Å². The van der Waals surface area contributed by atoms with E-state index in [0.717, 1.165) is 23.3 Å². The summed E-state index contributed by atoms with van der Waals surface area (Å²) in [5.74, 6) is 1.19. The highest BCUT2D eigenvalue weighted by molar-refractivity contribution is 5.78. The minimum absolute atomic E-state index is 0.0227. The Morgan fingerprint density at radius 1 is 0.968 bits per heavy atom. The van der Waals surface area contributed by atoms with Crippen LogP contribution >= 0.6 is 0 Å². The van der Waals surface area contributed by atoms with Crippen LogP contribution in [0.25, 0.3) is 0 Å². The van der Waals surface area contributed by atoms with E-state index in [1.807, 2.05) is 60.8 Å². The van der Waals surface area contributed by atoms with Gasteiger partial charge in [-0.15, -0.1) is 0 Å². The first-order chi connectivity index (χ1) is 15.2. The fourth-order valence-corrected chi connectivity index (χ4v) is 3.64. The summed E-state index contributed by atoms with van der Waals surface area (Å²) < 4.78 is 31.3. The Labute approximate surface area is 182 Å². The molecule has 0 saturated carbocycles. The van der Waals surface area contributed by atoms with Crippen LogP contribution in [0.2, 0.25) is 0 Å². The first-order valence-electron chi connectivity index (χ1n) is 10.5. The maximum Gasteiger partial charge on any atom is 0.145 e. The lowest BCUT2D eigenvalue weighted by Crippen LogP contribution is -2.11. The molecule has 0 fully saturated rings. The summed E-state index contributed by atoms with van der Waals surface area (Å²) in [5, 5.41) is 0. The van der Waals surface area contributed by atoms with Gasteiger partial charge in [-0.25, -0.2) is 4.39 Å². The molecule has 1 unspecified atom stereocenters. The van der Waals surface area contributed by atoms with Crippen LogP contribution in [0.3, 0.4) is 0 Å². The Morgan fingerprint density at radius 2 is 1.77 bits per heavy atom. The van der Waals surface area contributed by atoms with Gasteiger partial charge in [-0.3, -0.25) is 4.99 Å². The highest BCUT2D eigenvalue weighted by atomic mass is 19.1. The van der Waals surface area contributed by atoms with Gasteiger partial charge in [0.05, 0.1) is 26.9 Å². The average Bonchev–Trinajstić information content (AvgIpc) is 2.83. The summed E-state index contributed by atoms with van der Waals surface area (Å²) in [6.07, 6.45) is 3.17. The van der Waals surface area contributed by atoms with E-state index < -0.39 is 0 Å². The van der Waals surface area contributed by atoms with E-state index >= 15 is 0 Å². The van der Waals surface area contributed by atoms with Crippen LogP contribution in [0.15, 0.2) is 71.7 Å². The summed E-state index contributed by atoms with van der Waals surface area (Å²) in [7, 11) is 1.64. The summed E-state index contributed by atoms with van der Waals surface area (Å²) >= 11 is 0. The van der Waals surface area contributed by atoms with Crippen LogP contribution in [-0.2, 0) is 17.8 Å². The molecule has 5 heteroatoms. The highest BCUT2D eigenvalue weighted by Crippen LogP contribution is 2.39. The number of benzene rings is 3. The van der Waals surface area contributed by atoms with Gasteiger partial charge in [0.1, 0.15) is 23.0 Å². The van der Waals surface area contributed by atoms with Gasteiger partial charge in [-0.05, 0) is 41.8 Å². The molecule has 0 saturated heterocycles. The fourth-order valence-electron chi connectivity index (χ4n) is 3.64. The third kappa shape index (κ3) is 5.30. The monoisotopic (exact) mass is 419 g/mol. The van der Waals surface area contributed by atoms with Crippen molar-refractivity contribution < 1.29 is 18.6 Å². The van der Waals surface area contributed by atoms with E-state index in [0.29, 0.717) is 43.2 Å². The quantitative estimate of drug-likeness (QED) is 0.408. The summed E-state index contributed by atoms with van der Waals surface area (Å²) in [6.45, 7) is 1.68. The summed E-state index contributed by atoms with van der Waals surface area (Å²) in [6, 6.07) is 21.0. The molecule has 1 aliphatic rings. The van der Waals surface area contributed by atoms with Gasteiger partial charge in [0.15, 0.2) is 0 Å². The molecule has 3 aromatic carbocycles. The third-order valence-corrected chi connectivity index (χ3v) is 5.34. The van der Waals surface area contributed by atoms with Crippen LogP contribution in [0.1, 0.15) is 29.0 Å². The number of hydrogen-bond acceptors (Lipinski definition) is 4. The van der Waals surface area contributed by atoms with E-state index in [-0.39, 0.29) is 11.7 Å². The Kier molecular flexibility index (Phi) is 6.95. The molecule has 0 aromatic heterocycles.